The molecule has 0 radical (unpaired) electrons. The van der Waals surface area contributed by atoms with Crippen molar-refractivity contribution in [1.29, 1.82) is 5.26 Å². The highest BCUT2D eigenvalue weighted by molar-refractivity contribution is 8.03. The molecule has 3 atom stereocenters. The van der Waals surface area contributed by atoms with Crippen LogP contribution in [0.5, 0.6) is 0 Å². The minimum Gasteiger partial charge on any atom is -0.358 e. The minimum absolute atomic E-state index is 0.0207. The summed E-state index contributed by atoms with van der Waals surface area (Å²) in [5, 5.41) is 11.8. The van der Waals surface area contributed by atoms with E-state index >= 15 is 0 Å². The molecule has 0 spiro atoms. The highest BCUT2D eigenvalue weighted by atomic mass is 35.5. The van der Waals surface area contributed by atoms with E-state index in [9.17, 15) is 5.26 Å². The Morgan fingerprint density at radius 2 is 1.96 bits per heavy atom. The first-order chi connectivity index (χ1) is 12.8. The predicted molar refractivity (Wildman–Crippen MR) is 104 cm³/mol. The lowest BCUT2D eigenvalue weighted by molar-refractivity contribution is -0.0323. The van der Waals surface area contributed by atoms with Crippen molar-refractivity contribution in [3.63, 3.8) is 0 Å². The van der Waals surface area contributed by atoms with Crippen LogP contribution in [-0.2, 0) is 4.74 Å². The number of hydrogen-bond acceptors (Lipinski definition) is 4. The average Bonchev–Trinajstić information content (AvgIpc) is 3.07. The van der Waals surface area contributed by atoms with Crippen LogP contribution < -0.4 is 4.90 Å². The number of para-hydroxylation sites is 1. The Balaban J connectivity index is 1.70. The van der Waals surface area contributed by atoms with Crippen molar-refractivity contribution in [1.82, 2.24) is 0 Å². The van der Waals surface area contributed by atoms with Crippen molar-refractivity contribution in [2.75, 3.05) is 11.5 Å². The maximum absolute atomic E-state index is 10.1. The van der Waals surface area contributed by atoms with Gasteiger partial charge in [-0.3, -0.25) is 0 Å². The lowest BCUT2D eigenvalue weighted by Crippen LogP contribution is -2.49. The maximum Gasteiger partial charge on any atom is 0.138 e. The zero-order chi connectivity index (χ0) is 17.7. The summed E-state index contributed by atoms with van der Waals surface area (Å²) in [5.41, 5.74) is 3.15. The summed E-state index contributed by atoms with van der Waals surface area (Å²) in [6.45, 7) is 0.771. The number of nitriles is 1. The second kappa shape index (κ2) is 6.35. The summed E-state index contributed by atoms with van der Waals surface area (Å²) >= 11 is 7.78. The zero-order valence-corrected chi connectivity index (χ0v) is 15.6. The quantitative estimate of drug-likeness (QED) is 0.651. The lowest BCUT2D eigenvalue weighted by atomic mass is 9.74. The van der Waals surface area contributed by atoms with Crippen molar-refractivity contribution >= 4 is 29.1 Å². The number of rotatable bonds is 1. The molecule has 3 nitrogen and oxygen atoms in total. The van der Waals surface area contributed by atoms with E-state index in [4.69, 9.17) is 16.3 Å². The molecule has 130 valence electrons. The van der Waals surface area contributed by atoms with Crippen LogP contribution in [0.3, 0.4) is 0 Å². The van der Waals surface area contributed by atoms with Crippen LogP contribution in [0.2, 0.25) is 5.02 Å². The van der Waals surface area contributed by atoms with Gasteiger partial charge in [0.1, 0.15) is 6.23 Å². The van der Waals surface area contributed by atoms with E-state index < -0.39 is 0 Å². The molecule has 3 aliphatic heterocycles. The van der Waals surface area contributed by atoms with Crippen LogP contribution in [-0.4, -0.2) is 12.8 Å². The van der Waals surface area contributed by atoms with Crippen LogP contribution in [0.4, 0.5) is 5.69 Å². The largest absolute Gasteiger partial charge is 0.358 e. The Hall–Kier alpha value is -1.93. The second-order valence-electron chi connectivity index (χ2n) is 6.87. The van der Waals surface area contributed by atoms with E-state index in [0.717, 1.165) is 46.3 Å². The number of nitrogens with zero attached hydrogens (tertiary/aromatic N) is 2. The summed E-state index contributed by atoms with van der Waals surface area (Å²) in [6.07, 6.45) is 2.06. The van der Waals surface area contributed by atoms with Crippen LogP contribution in [0.25, 0.3) is 0 Å². The smallest absolute Gasteiger partial charge is 0.138 e. The van der Waals surface area contributed by atoms with Gasteiger partial charge in [-0.2, -0.15) is 5.26 Å². The van der Waals surface area contributed by atoms with Gasteiger partial charge in [0.25, 0.3) is 0 Å². The molecule has 3 aliphatic rings. The van der Waals surface area contributed by atoms with Crippen LogP contribution in [0.1, 0.15) is 24.3 Å². The van der Waals surface area contributed by atoms with Crippen LogP contribution in [0, 0.1) is 17.2 Å². The molecule has 3 heterocycles. The van der Waals surface area contributed by atoms with Gasteiger partial charge in [0.2, 0.25) is 0 Å². The van der Waals surface area contributed by atoms with Gasteiger partial charge in [0.15, 0.2) is 0 Å². The normalized spacial score (nSPS) is 26.8. The number of thioether (sulfide) groups is 1. The molecule has 0 aromatic heterocycles. The van der Waals surface area contributed by atoms with Gasteiger partial charge >= 0.3 is 0 Å². The number of fused-ring (bicyclic) bond motifs is 5. The SMILES string of the molecule is N#CC1=C2Sc3ccccc3N2[C@@H]2OCCC[C@@H]2[C@@H]1c1ccc(Cl)cc1. The number of anilines is 1. The van der Waals surface area contributed by atoms with Gasteiger partial charge in [-0.25, -0.2) is 0 Å². The molecule has 0 saturated carbocycles. The zero-order valence-electron chi connectivity index (χ0n) is 14.1. The number of halogens is 1. The third kappa shape index (κ3) is 2.39. The monoisotopic (exact) mass is 380 g/mol. The Morgan fingerprint density at radius 1 is 1.15 bits per heavy atom. The van der Waals surface area contributed by atoms with E-state index in [-0.39, 0.29) is 18.1 Å². The highest BCUT2D eigenvalue weighted by Gasteiger charge is 2.48. The van der Waals surface area contributed by atoms with Gasteiger partial charge in [-0.05, 0) is 42.7 Å². The Kier molecular flexibility index (Phi) is 3.97. The van der Waals surface area contributed by atoms with E-state index in [1.54, 1.807) is 11.8 Å². The molecular weight excluding hydrogens is 364 g/mol. The fourth-order valence-electron chi connectivity index (χ4n) is 4.38. The first-order valence-electron chi connectivity index (χ1n) is 8.85. The van der Waals surface area contributed by atoms with Gasteiger partial charge in [0, 0.05) is 28.4 Å². The Bertz CT molecular complexity index is 934. The number of allylic oxidation sites excluding steroid dienone is 1. The van der Waals surface area contributed by atoms with Gasteiger partial charge in [0.05, 0.1) is 22.4 Å². The maximum atomic E-state index is 10.1. The third-order valence-electron chi connectivity index (χ3n) is 5.46. The molecule has 5 heteroatoms. The van der Waals surface area contributed by atoms with Gasteiger partial charge in [-0.15, -0.1) is 0 Å². The predicted octanol–water partition coefficient (Wildman–Crippen LogP) is 5.54. The summed E-state index contributed by atoms with van der Waals surface area (Å²) < 4.78 is 6.26. The fourth-order valence-corrected chi connectivity index (χ4v) is 5.71. The number of ether oxygens (including phenoxy) is 1. The fraction of sp³-hybridized carbons (Fsp3) is 0.286. The molecule has 2 aromatic carbocycles. The Labute approximate surface area is 162 Å². The minimum atomic E-state index is -0.0207. The summed E-state index contributed by atoms with van der Waals surface area (Å²) in [6, 6.07) is 18.8. The summed E-state index contributed by atoms with van der Waals surface area (Å²) in [7, 11) is 0. The lowest BCUT2D eigenvalue weighted by Gasteiger charge is -2.46. The third-order valence-corrected chi connectivity index (χ3v) is 6.89. The highest BCUT2D eigenvalue weighted by Crippen LogP contribution is 2.57. The number of benzene rings is 2. The van der Waals surface area contributed by atoms with E-state index in [1.807, 2.05) is 18.2 Å². The molecule has 26 heavy (non-hydrogen) atoms. The molecule has 5 rings (SSSR count). The summed E-state index contributed by atoms with van der Waals surface area (Å²) in [4.78, 5) is 3.45. The molecular formula is C21H17ClN2OS. The Morgan fingerprint density at radius 3 is 2.77 bits per heavy atom. The molecule has 0 unspecified atom stereocenters. The average molecular weight is 381 g/mol. The van der Waals surface area contributed by atoms with E-state index in [2.05, 4.69) is 41.3 Å². The molecule has 0 amide bonds. The molecule has 0 bridgehead atoms. The molecule has 0 N–H and O–H groups in total. The molecule has 1 saturated heterocycles. The van der Waals surface area contributed by atoms with Crippen molar-refractivity contribution in [3.8, 4) is 6.07 Å². The molecule has 0 aliphatic carbocycles. The molecule has 1 fully saturated rings. The van der Waals surface area contributed by atoms with Crippen molar-refractivity contribution in [2.45, 2.75) is 29.9 Å². The summed E-state index contributed by atoms with van der Waals surface area (Å²) in [5.74, 6) is 0.311. The number of hydrogen-bond donors (Lipinski definition) is 0. The standard InChI is InChI=1S/C21H17ClN2OS/c22-14-9-7-13(8-10-14)19-15-4-3-11-25-20(15)24-17-5-1-2-6-18(17)26-21(24)16(19)12-23/h1-2,5-10,15,19-20H,3-4,11H2/t15-,19+,20-/m1/s1. The van der Waals surface area contributed by atoms with Gasteiger partial charge in [-0.1, -0.05) is 47.6 Å². The van der Waals surface area contributed by atoms with Gasteiger partial charge < -0.3 is 9.64 Å². The first-order valence-corrected chi connectivity index (χ1v) is 10.0. The van der Waals surface area contributed by atoms with E-state index in [1.165, 1.54) is 4.90 Å². The topological polar surface area (TPSA) is 36.3 Å². The van der Waals surface area contributed by atoms with Crippen LogP contribution >= 0.6 is 23.4 Å². The second-order valence-corrected chi connectivity index (χ2v) is 8.33. The van der Waals surface area contributed by atoms with Crippen molar-refractivity contribution in [3.05, 3.63) is 69.7 Å². The van der Waals surface area contributed by atoms with Crippen LogP contribution in [0.15, 0.2) is 64.0 Å². The molecule has 2 aromatic rings. The van der Waals surface area contributed by atoms with E-state index in [0.29, 0.717) is 0 Å². The van der Waals surface area contributed by atoms with Crippen molar-refractivity contribution in [2.24, 2.45) is 5.92 Å². The van der Waals surface area contributed by atoms with Crippen molar-refractivity contribution < 1.29 is 4.74 Å². The first kappa shape index (κ1) is 16.3.